The first-order chi connectivity index (χ1) is 16.8. The van der Waals surface area contributed by atoms with Crippen LogP contribution in [0.2, 0.25) is 0 Å². The van der Waals surface area contributed by atoms with Crippen molar-refractivity contribution in [2.45, 2.75) is 25.6 Å². The Kier molecular flexibility index (Phi) is 4.79. The zero-order valence-electron chi connectivity index (χ0n) is 19.4. The Hall–Kier alpha value is -3.98. The SMILES string of the molecule is Cc1nn(C)cc1/C=c1\sc2n(c1=O)[C@H]1c3ccccc3O[C@](C)(N=2)[C@H]1C(=O)Nc1ccccc1. The molecule has 0 aliphatic carbocycles. The quantitative estimate of drug-likeness (QED) is 0.482. The van der Waals surface area contributed by atoms with Crippen LogP contribution in [0.5, 0.6) is 5.75 Å². The maximum atomic E-state index is 13.8. The van der Waals surface area contributed by atoms with E-state index in [0.717, 1.165) is 16.8 Å². The van der Waals surface area contributed by atoms with Crippen molar-refractivity contribution in [1.82, 2.24) is 14.3 Å². The molecule has 0 saturated heterocycles. The number of fused-ring (bicyclic) bond motifs is 6. The van der Waals surface area contributed by atoms with Gasteiger partial charge in [0.15, 0.2) is 4.80 Å². The van der Waals surface area contributed by atoms with Crippen LogP contribution in [0.4, 0.5) is 5.69 Å². The molecule has 2 aromatic carbocycles. The summed E-state index contributed by atoms with van der Waals surface area (Å²) in [5.74, 6) is -0.366. The van der Waals surface area contributed by atoms with Crippen molar-refractivity contribution in [3.05, 3.63) is 97.3 Å². The fourth-order valence-electron chi connectivity index (χ4n) is 4.99. The number of anilines is 1. The fourth-order valence-corrected chi connectivity index (χ4v) is 6.08. The summed E-state index contributed by atoms with van der Waals surface area (Å²) in [7, 11) is 1.85. The van der Waals surface area contributed by atoms with E-state index in [-0.39, 0.29) is 11.5 Å². The van der Waals surface area contributed by atoms with Gasteiger partial charge in [-0.05, 0) is 38.1 Å². The standard InChI is InChI=1S/C26H23N5O3S/c1-15-16(14-30(3)29-15)13-20-24(33)31-22-18-11-7-8-12-19(18)34-26(2,28-25(31)35-20)21(22)23(32)27-17-9-5-4-6-10-17/h4-14,21-22H,1-3H3,(H,27,32)/b20-13-/t21-,22+,26+/m1/s1. The number of amides is 1. The summed E-state index contributed by atoms with van der Waals surface area (Å²) in [6.07, 6.45) is 3.72. The smallest absolute Gasteiger partial charge is 0.270 e. The minimum absolute atomic E-state index is 0.182. The van der Waals surface area contributed by atoms with Gasteiger partial charge in [0.1, 0.15) is 11.7 Å². The van der Waals surface area contributed by atoms with Gasteiger partial charge >= 0.3 is 0 Å². The molecule has 6 rings (SSSR count). The third kappa shape index (κ3) is 3.42. The van der Waals surface area contributed by atoms with Crippen LogP contribution in [0.15, 0.2) is 70.6 Å². The van der Waals surface area contributed by atoms with Crippen molar-refractivity contribution in [3.63, 3.8) is 0 Å². The maximum Gasteiger partial charge on any atom is 0.270 e. The molecule has 0 fully saturated rings. The van der Waals surface area contributed by atoms with Crippen LogP contribution in [0.3, 0.4) is 0 Å². The van der Waals surface area contributed by atoms with Gasteiger partial charge in [0.05, 0.1) is 16.3 Å². The first kappa shape index (κ1) is 21.5. The average Bonchev–Trinajstić information content (AvgIpc) is 3.30. The zero-order chi connectivity index (χ0) is 24.3. The number of benzene rings is 2. The number of aryl methyl sites for hydroxylation is 2. The third-order valence-electron chi connectivity index (χ3n) is 6.54. The lowest BCUT2D eigenvalue weighted by atomic mass is 9.80. The predicted octanol–water partition coefficient (Wildman–Crippen LogP) is 2.37. The monoisotopic (exact) mass is 485 g/mol. The van der Waals surface area contributed by atoms with Crippen molar-refractivity contribution in [1.29, 1.82) is 0 Å². The number of hydrogen-bond donors (Lipinski definition) is 1. The largest absolute Gasteiger partial charge is 0.465 e. The summed E-state index contributed by atoms with van der Waals surface area (Å²) in [5.41, 5.74) is 1.82. The van der Waals surface area contributed by atoms with Gasteiger partial charge in [-0.1, -0.05) is 47.7 Å². The van der Waals surface area contributed by atoms with Crippen LogP contribution in [0.25, 0.3) is 6.08 Å². The van der Waals surface area contributed by atoms with Gasteiger partial charge in [0.25, 0.3) is 5.56 Å². The normalized spacial score (nSPS) is 22.5. The summed E-state index contributed by atoms with van der Waals surface area (Å²) in [4.78, 5) is 32.8. The van der Waals surface area contributed by atoms with E-state index in [1.54, 1.807) is 9.25 Å². The molecule has 2 aliphatic heterocycles. The van der Waals surface area contributed by atoms with Gasteiger partial charge < -0.3 is 10.1 Å². The zero-order valence-corrected chi connectivity index (χ0v) is 20.2. The second-order valence-corrected chi connectivity index (χ2v) is 10.0. The topological polar surface area (TPSA) is 90.5 Å². The number of hydrogen-bond acceptors (Lipinski definition) is 6. The molecule has 2 aliphatic rings. The van der Waals surface area contributed by atoms with Gasteiger partial charge in [-0.3, -0.25) is 18.8 Å². The minimum atomic E-state index is -1.17. The summed E-state index contributed by atoms with van der Waals surface area (Å²) in [6, 6.07) is 16.3. The van der Waals surface area contributed by atoms with Gasteiger partial charge in [-0.25, -0.2) is 4.99 Å². The number of aromatic nitrogens is 3. The Morgan fingerprint density at radius 2 is 1.91 bits per heavy atom. The molecule has 1 N–H and O–H groups in total. The summed E-state index contributed by atoms with van der Waals surface area (Å²) in [5, 5.41) is 7.37. The van der Waals surface area contributed by atoms with E-state index in [9.17, 15) is 9.59 Å². The number of rotatable bonds is 3. The average molecular weight is 486 g/mol. The Morgan fingerprint density at radius 3 is 2.66 bits per heavy atom. The van der Waals surface area contributed by atoms with E-state index in [4.69, 9.17) is 9.73 Å². The number of nitrogens with one attached hydrogen (secondary N) is 1. The lowest BCUT2D eigenvalue weighted by molar-refractivity contribution is -0.131. The molecule has 0 unspecified atom stereocenters. The van der Waals surface area contributed by atoms with E-state index in [2.05, 4.69) is 10.4 Å². The van der Waals surface area contributed by atoms with Crippen LogP contribution in [-0.4, -0.2) is 26.0 Å². The Labute approximate surface area is 204 Å². The van der Waals surface area contributed by atoms with E-state index >= 15 is 0 Å². The fraction of sp³-hybridized carbons (Fsp3) is 0.231. The van der Waals surface area contributed by atoms with Gasteiger partial charge in [0.2, 0.25) is 11.6 Å². The van der Waals surface area contributed by atoms with E-state index in [1.165, 1.54) is 11.3 Å². The molecular weight excluding hydrogens is 462 g/mol. The first-order valence-corrected chi connectivity index (χ1v) is 12.1. The number of carbonyl (C=O) groups excluding carboxylic acids is 1. The number of carbonyl (C=O) groups is 1. The maximum absolute atomic E-state index is 13.8. The number of thiazole rings is 1. The highest BCUT2D eigenvalue weighted by molar-refractivity contribution is 7.07. The first-order valence-electron chi connectivity index (χ1n) is 11.3. The number of ether oxygens (including phenoxy) is 1. The molecule has 9 heteroatoms. The Balaban J connectivity index is 1.55. The Morgan fingerprint density at radius 1 is 1.17 bits per heavy atom. The highest BCUT2D eigenvalue weighted by Crippen LogP contribution is 2.47. The van der Waals surface area contributed by atoms with Crippen molar-refractivity contribution >= 4 is 29.0 Å². The molecule has 3 atom stereocenters. The van der Waals surface area contributed by atoms with Crippen LogP contribution in [0, 0.1) is 12.8 Å². The highest BCUT2D eigenvalue weighted by Gasteiger charge is 2.55. The van der Waals surface area contributed by atoms with Crippen LogP contribution < -0.4 is 24.9 Å². The van der Waals surface area contributed by atoms with E-state index in [0.29, 0.717) is 20.8 Å². The van der Waals surface area contributed by atoms with Gasteiger partial charge in [-0.2, -0.15) is 5.10 Å². The third-order valence-corrected chi connectivity index (χ3v) is 7.52. The van der Waals surface area contributed by atoms with Gasteiger partial charge in [-0.15, -0.1) is 0 Å². The molecule has 8 nitrogen and oxygen atoms in total. The number of para-hydroxylation sites is 2. The molecule has 4 aromatic rings. The molecule has 2 bridgehead atoms. The lowest BCUT2D eigenvalue weighted by Gasteiger charge is -2.45. The van der Waals surface area contributed by atoms with E-state index < -0.39 is 17.7 Å². The van der Waals surface area contributed by atoms with Crippen LogP contribution in [-0.2, 0) is 11.8 Å². The molecule has 1 amide bonds. The molecule has 35 heavy (non-hydrogen) atoms. The molecular formula is C26H23N5O3S. The van der Waals surface area contributed by atoms with Crippen molar-refractivity contribution in [2.24, 2.45) is 18.0 Å². The number of nitrogens with zero attached hydrogens (tertiary/aromatic N) is 4. The van der Waals surface area contributed by atoms with Crippen LogP contribution in [0.1, 0.15) is 29.8 Å². The molecule has 4 heterocycles. The second kappa shape index (κ2) is 7.78. The summed E-state index contributed by atoms with van der Waals surface area (Å²) < 4.78 is 10.3. The van der Waals surface area contributed by atoms with E-state index in [1.807, 2.05) is 87.8 Å². The molecule has 2 aromatic heterocycles. The van der Waals surface area contributed by atoms with Crippen molar-refractivity contribution < 1.29 is 9.53 Å². The molecule has 0 saturated carbocycles. The van der Waals surface area contributed by atoms with Crippen molar-refractivity contribution in [3.8, 4) is 5.75 Å². The second-order valence-electron chi connectivity index (χ2n) is 9.00. The van der Waals surface area contributed by atoms with Crippen LogP contribution >= 0.6 is 11.3 Å². The molecule has 0 spiro atoms. The molecule has 0 radical (unpaired) electrons. The minimum Gasteiger partial charge on any atom is -0.465 e. The summed E-state index contributed by atoms with van der Waals surface area (Å²) in [6.45, 7) is 3.72. The summed E-state index contributed by atoms with van der Waals surface area (Å²) >= 11 is 1.30. The van der Waals surface area contributed by atoms with Crippen molar-refractivity contribution in [2.75, 3.05) is 5.32 Å². The Bertz CT molecular complexity index is 1650. The predicted molar refractivity (Wildman–Crippen MR) is 133 cm³/mol. The van der Waals surface area contributed by atoms with Gasteiger partial charge in [0, 0.05) is 30.1 Å². The molecule has 176 valence electrons. The highest BCUT2D eigenvalue weighted by atomic mass is 32.1. The lowest BCUT2D eigenvalue weighted by Crippen LogP contribution is -2.59.